The second-order valence-electron chi connectivity index (χ2n) is 5.25. The van der Waals surface area contributed by atoms with E-state index in [1.165, 1.54) is 0 Å². The molecule has 0 amide bonds. The molecular formula is C16H19N5. The second kappa shape index (κ2) is 5.61. The van der Waals surface area contributed by atoms with Crippen LogP contribution in [0.5, 0.6) is 0 Å². The summed E-state index contributed by atoms with van der Waals surface area (Å²) in [7, 11) is 0. The molecule has 0 spiro atoms. The van der Waals surface area contributed by atoms with Gasteiger partial charge in [0.1, 0.15) is 6.33 Å². The lowest BCUT2D eigenvalue weighted by molar-refractivity contribution is 0.543. The molecule has 5 nitrogen and oxygen atoms in total. The Morgan fingerprint density at radius 1 is 1.19 bits per heavy atom. The highest BCUT2D eigenvalue weighted by Crippen LogP contribution is 2.26. The molecule has 2 heterocycles. The molecule has 0 saturated carbocycles. The molecule has 0 aliphatic heterocycles. The van der Waals surface area contributed by atoms with Gasteiger partial charge in [0.25, 0.3) is 0 Å². The van der Waals surface area contributed by atoms with Crippen molar-refractivity contribution in [2.45, 2.75) is 32.2 Å². The van der Waals surface area contributed by atoms with Crippen molar-refractivity contribution in [1.82, 2.24) is 19.7 Å². The van der Waals surface area contributed by atoms with Crippen LogP contribution in [0.3, 0.4) is 0 Å². The Hall–Kier alpha value is -2.27. The smallest absolute Gasteiger partial charge is 0.166 e. The minimum absolute atomic E-state index is 0.0863. The Morgan fingerprint density at radius 3 is 2.67 bits per heavy atom. The monoisotopic (exact) mass is 281 g/mol. The van der Waals surface area contributed by atoms with Crippen LogP contribution in [-0.2, 0) is 0 Å². The SMILES string of the molecule is CCC(N)C(C)c1ncnc2c1cnn2-c1ccccc1. The van der Waals surface area contributed by atoms with Crippen LogP contribution < -0.4 is 5.73 Å². The fourth-order valence-electron chi connectivity index (χ4n) is 2.54. The molecule has 2 aromatic heterocycles. The van der Waals surface area contributed by atoms with E-state index in [1.807, 2.05) is 41.2 Å². The molecule has 21 heavy (non-hydrogen) atoms. The van der Waals surface area contributed by atoms with Crippen molar-refractivity contribution >= 4 is 11.0 Å². The highest BCUT2D eigenvalue weighted by molar-refractivity contribution is 5.79. The molecule has 0 fully saturated rings. The van der Waals surface area contributed by atoms with E-state index in [0.717, 1.165) is 28.8 Å². The molecule has 2 N–H and O–H groups in total. The summed E-state index contributed by atoms with van der Waals surface area (Å²) >= 11 is 0. The van der Waals surface area contributed by atoms with Crippen LogP contribution in [-0.4, -0.2) is 25.8 Å². The molecule has 0 aliphatic carbocycles. The van der Waals surface area contributed by atoms with E-state index in [2.05, 4.69) is 28.9 Å². The van der Waals surface area contributed by atoms with E-state index in [1.54, 1.807) is 6.33 Å². The number of aromatic nitrogens is 4. The molecule has 2 unspecified atom stereocenters. The quantitative estimate of drug-likeness (QED) is 0.798. The zero-order chi connectivity index (χ0) is 14.8. The number of benzene rings is 1. The van der Waals surface area contributed by atoms with Crippen LogP contribution in [0.15, 0.2) is 42.9 Å². The minimum atomic E-state index is 0.0863. The van der Waals surface area contributed by atoms with Gasteiger partial charge in [-0.1, -0.05) is 32.0 Å². The van der Waals surface area contributed by atoms with Gasteiger partial charge in [-0.2, -0.15) is 5.10 Å². The predicted molar refractivity (Wildman–Crippen MR) is 83.3 cm³/mol. The standard InChI is InChI=1S/C16H19N5/c1-3-14(17)11(2)15-13-9-20-21(16(13)19-10-18-15)12-7-5-4-6-8-12/h4-11,14H,3,17H2,1-2H3. The van der Waals surface area contributed by atoms with Gasteiger partial charge in [-0.3, -0.25) is 0 Å². The van der Waals surface area contributed by atoms with Gasteiger partial charge < -0.3 is 5.73 Å². The maximum atomic E-state index is 6.17. The fourth-order valence-corrected chi connectivity index (χ4v) is 2.54. The van der Waals surface area contributed by atoms with Crippen molar-refractivity contribution in [2.75, 3.05) is 0 Å². The molecule has 0 aliphatic rings. The molecule has 1 aromatic carbocycles. The van der Waals surface area contributed by atoms with Crippen molar-refractivity contribution in [1.29, 1.82) is 0 Å². The number of fused-ring (bicyclic) bond motifs is 1. The number of rotatable bonds is 4. The molecule has 108 valence electrons. The maximum Gasteiger partial charge on any atom is 0.166 e. The Labute approximate surface area is 123 Å². The first kappa shape index (κ1) is 13.7. The first-order valence-electron chi connectivity index (χ1n) is 7.22. The number of nitrogens with zero attached hydrogens (tertiary/aromatic N) is 4. The van der Waals surface area contributed by atoms with Gasteiger partial charge in [-0.15, -0.1) is 0 Å². The van der Waals surface area contributed by atoms with Gasteiger partial charge >= 0.3 is 0 Å². The third-order valence-corrected chi connectivity index (χ3v) is 3.94. The largest absolute Gasteiger partial charge is 0.327 e. The van der Waals surface area contributed by atoms with Gasteiger partial charge in [0.15, 0.2) is 5.65 Å². The number of hydrogen-bond donors (Lipinski definition) is 1. The lowest BCUT2D eigenvalue weighted by Crippen LogP contribution is -2.26. The van der Waals surface area contributed by atoms with Crippen LogP contribution in [0.2, 0.25) is 0 Å². The topological polar surface area (TPSA) is 69.6 Å². The molecule has 5 heteroatoms. The second-order valence-corrected chi connectivity index (χ2v) is 5.25. The van der Waals surface area contributed by atoms with E-state index in [0.29, 0.717) is 0 Å². The van der Waals surface area contributed by atoms with E-state index >= 15 is 0 Å². The minimum Gasteiger partial charge on any atom is -0.327 e. The zero-order valence-electron chi connectivity index (χ0n) is 12.3. The normalized spacial score (nSPS) is 14.2. The summed E-state index contributed by atoms with van der Waals surface area (Å²) < 4.78 is 1.84. The van der Waals surface area contributed by atoms with Crippen LogP contribution >= 0.6 is 0 Å². The van der Waals surface area contributed by atoms with Gasteiger partial charge in [0, 0.05) is 12.0 Å². The lowest BCUT2D eigenvalue weighted by Gasteiger charge is -2.18. The van der Waals surface area contributed by atoms with Crippen molar-refractivity contribution in [3.8, 4) is 5.69 Å². The predicted octanol–water partition coefficient (Wildman–Crippen LogP) is 2.66. The summed E-state index contributed by atoms with van der Waals surface area (Å²) in [6.45, 7) is 4.20. The summed E-state index contributed by atoms with van der Waals surface area (Å²) in [4.78, 5) is 8.83. The van der Waals surface area contributed by atoms with Gasteiger partial charge in [0.05, 0.1) is 23.0 Å². The van der Waals surface area contributed by atoms with E-state index < -0.39 is 0 Å². The van der Waals surface area contributed by atoms with Crippen LogP contribution in [0, 0.1) is 0 Å². The summed E-state index contributed by atoms with van der Waals surface area (Å²) in [5.41, 5.74) is 8.95. The third-order valence-electron chi connectivity index (χ3n) is 3.94. The molecule has 0 radical (unpaired) electrons. The average molecular weight is 281 g/mol. The average Bonchev–Trinajstić information content (AvgIpc) is 2.98. The molecule has 2 atom stereocenters. The molecule has 0 bridgehead atoms. The highest BCUT2D eigenvalue weighted by atomic mass is 15.3. The summed E-state index contributed by atoms with van der Waals surface area (Å²) in [6.07, 6.45) is 4.34. The Bertz CT molecular complexity index is 735. The fraction of sp³-hybridized carbons (Fsp3) is 0.312. The Kier molecular flexibility index (Phi) is 3.66. The number of para-hydroxylation sites is 1. The maximum absolute atomic E-state index is 6.17. The van der Waals surface area contributed by atoms with Crippen molar-refractivity contribution in [2.24, 2.45) is 5.73 Å². The number of nitrogens with two attached hydrogens (primary N) is 1. The van der Waals surface area contributed by atoms with Crippen molar-refractivity contribution < 1.29 is 0 Å². The molecule has 3 aromatic rings. The molecule has 3 rings (SSSR count). The summed E-state index contributed by atoms with van der Waals surface area (Å²) in [5.74, 6) is 0.175. The van der Waals surface area contributed by atoms with Crippen molar-refractivity contribution in [3.05, 3.63) is 48.5 Å². The van der Waals surface area contributed by atoms with Gasteiger partial charge in [-0.05, 0) is 18.6 Å². The van der Waals surface area contributed by atoms with Gasteiger partial charge in [-0.25, -0.2) is 14.6 Å². The summed E-state index contributed by atoms with van der Waals surface area (Å²) in [6, 6.07) is 10.1. The third kappa shape index (κ3) is 2.40. The highest BCUT2D eigenvalue weighted by Gasteiger charge is 2.19. The molecule has 0 saturated heterocycles. The number of hydrogen-bond acceptors (Lipinski definition) is 4. The Balaban J connectivity index is 2.13. The lowest BCUT2D eigenvalue weighted by atomic mass is 9.95. The van der Waals surface area contributed by atoms with E-state index in [4.69, 9.17) is 5.73 Å². The Morgan fingerprint density at radius 2 is 1.95 bits per heavy atom. The molecular weight excluding hydrogens is 262 g/mol. The van der Waals surface area contributed by atoms with Crippen LogP contribution in [0.1, 0.15) is 31.9 Å². The van der Waals surface area contributed by atoms with Crippen molar-refractivity contribution in [3.63, 3.8) is 0 Å². The van der Waals surface area contributed by atoms with E-state index in [9.17, 15) is 0 Å². The van der Waals surface area contributed by atoms with Crippen LogP contribution in [0.4, 0.5) is 0 Å². The first-order valence-corrected chi connectivity index (χ1v) is 7.22. The summed E-state index contributed by atoms with van der Waals surface area (Å²) in [5, 5.41) is 5.44. The zero-order valence-corrected chi connectivity index (χ0v) is 12.3. The van der Waals surface area contributed by atoms with Crippen LogP contribution in [0.25, 0.3) is 16.7 Å². The van der Waals surface area contributed by atoms with Gasteiger partial charge in [0.2, 0.25) is 0 Å². The van der Waals surface area contributed by atoms with E-state index in [-0.39, 0.29) is 12.0 Å². The first-order chi connectivity index (χ1) is 10.2.